The van der Waals surface area contributed by atoms with Crippen LogP contribution in [0.2, 0.25) is 5.02 Å². The van der Waals surface area contributed by atoms with E-state index in [0.29, 0.717) is 44.3 Å². The Balaban J connectivity index is 1.47. The molecule has 1 heterocycles. The number of carbonyl (C=O) groups excluding carboxylic acids is 1. The molecule has 0 aliphatic rings. The molecule has 0 bridgehead atoms. The Kier molecular flexibility index (Phi) is 7.49. The molecule has 9 heteroatoms. The molecule has 0 saturated heterocycles. The van der Waals surface area contributed by atoms with Crippen LogP contribution in [0.3, 0.4) is 0 Å². The van der Waals surface area contributed by atoms with Crippen LogP contribution in [0.25, 0.3) is 11.0 Å². The van der Waals surface area contributed by atoms with E-state index in [0.717, 1.165) is 5.39 Å². The van der Waals surface area contributed by atoms with Gasteiger partial charge in [0.15, 0.2) is 17.3 Å². The van der Waals surface area contributed by atoms with Crippen molar-refractivity contribution in [3.63, 3.8) is 0 Å². The fraction of sp³-hybridized carbons (Fsp3) is 0.120. The van der Waals surface area contributed by atoms with Gasteiger partial charge in [-0.25, -0.2) is 9.82 Å². The lowest BCUT2D eigenvalue weighted by Crippen LogP contribution is -2.16. The molecule has 0 unspecified atom stereocenters. The summed E-state index contributed by atoms with van der Waals surface area (Å²) in [5.74, 6) is 0.171. The Bertz CT molecular complexity index is 1370. The van der Waals surface area contributed by atoms with E-state index in [1.165, 1.54) is 12.3 Å². The highest BCUT2D eigenvalue weighted by Crippen LogP contribution is 2.34. The average Bonchev–Trinajstić information content (AvgIpc) is 3.24. The van der Waals surface area contributed by atoms with E-state index < -0.39 is 5.91 Å². The number of carbonyl (C=O) groups is 1. The molecule has 0 radical (unpaired) electrons. The van der Waals surface area contributed by atoms with E-state index in [4.69, 9.17) is 25.5 Å². The number of nitrogens with one attached hydrogen (secondary N) is 1. The van der Waals surface area contributed by atoms with Gasteiger partial charge >= 0.3 is 5.91 Å². The Morgan fingerprint density at radius 1 is 1.15 bits per heavy atom. The first-order valence-corrected chi connectivity index (χ1v) is 11.5. The molecule has 34 heavy (non-hydrogen) atoms. The zero-order chi connectivity index (χ0) is 24.1. The Morgan fingerprint density at radius 2 is 1.94 bits per heavy atom. The number of rotatable bonds is 8. The normalized spacial score (nSPS) is 11.2. The quantitative estimate of drug-likeness (QED) is 0.197. The lowest BCUT2D eigenvalue weighted by Gasteiger charge is -2.14. The fourth-order valence-corrected chi connectivity index (χ4v) is 3.75. The van der Waals surface area contributed by atoms with Crippen molar-refractivity contribution in [3.05, 3.63) is 92.9 Å². The molecular formula is C25H19BrClFN2O4. The van der Waals surface area contributed by atoms with Crippen LogP contribution in [0, 0.1) is 5.82 Å². The second-order valence-corrected chi connectivity index (χ2v) is 8.42. The molecule has 0 saturated carbocycles. The second kappa shape index (κ2) is 10.7. The van der Waals surface area contributed by atoms with Crippen LogP contribution >= 0.6 is 27.5 Å². The summed E-state index contributed by atoms with van der Waals surface area (Å²) in [6.07, 6.45) is 1.46. The molecule has 1 aromatic heterocycles. The van der Waals surface area contributed by atoms with Gasteiger partial charge in [-0.1, -0.05) is 29.8 Å². The molecule has 0 aliphatic heterocycles. The summed E-state index contributed by atoms with van der Waals surface area (Å²) in [6.45, 7) is 2.30. The van der Waals surface area contributed by atoms with Crippen molar-refractivity contribution >= 4 is 50.6 Å². The smallest absolute Gasteiger partial charge is 0.307 e. The van der Waals surface area contributed by atoms with Crippen molar-refractivity contribution in [1.29, 1.82) is 0 Å². The molecule has 4 aromatic rings. The van der Waals surface area contributed by atoms with Crippen molar-refractivity contribution in [2.45, 2.75) is 13.5 Å². The van der Waals surface area contributed by atoms with Crippen molar-refractivity contribution in [2.75, 3.05) is 6.61 Å². The third kappa shape index (κ3) is 5.58. The maximum atomic E-state index is 13.9. The molecular weight excluding hydrogens is 527 g/mol. The number of hydrazone groups is 1. The van der Waals surface area contributed by atoms with Gasteiger partial charge in [0.05, 0.1) is 12.8 Å². The standard InChI is InChI=1S/C25H19BrClFN2O4/c1-2-32-22-11-17(19(26)12-23(22)33-14-15-5-3-4-6-20(15)28)13-29-30-25(31)24-10-16-9-18(27)7-8-21(16)34-24/h3-13H,2,14H2,1H3,(H,30,31)/b29-13+. The maximum Gasteiger partial charge on any atom is 0.307 e. The van der Waals surface area contributed by atoms with Gasteiger partial charge in [0.1, 0.15) is 18.0 Å². The fourth-order valence-electron chi connectivity index (χ4n) is 3.14. The van der Waals surface area contributed by atoms with Crippen molar-refractivity contribution < 1.29 is 23.1 Å². The lowest BCUT2D eigenvalue weighted by atomic mass is 10.2. The predicted molar refractivity (Wildman–Crippen MR) is 132 cm³/mol. The number of amides is 1. The number of ether oxygens (including phenoxy) is 2. The number of nitrogens with zero attached hydrogens (tertiary/aromatic N) is 1. The Hall–Kier alpha value is -3.36. The van der Waals surface area contributed by atoms with E-state index in [1.54, 1.807) is 54.6 Å². The van der Waals surface area contributed by atoms with Gasteiger partial charge < -0.3 is 13.9 Å². The van der Waals surface area contributed by atoms with Crippen LogP contribution in [0.1, 0.15) is 28.6 Å². The minimum Gasteiger partial charge on any atom is -0.490 e. The van der Waals surface area contributed by atoms with Crippen LogP contribution in [0.15, 0.2) is 74.7 Å². The SMILES string of the molecule is CCOc1cc(/C=N/NC(=O)c2cc3cc(Cl)ccc3o2)c(Br)cc1OCc1ccccc1F. The zero-order valence-electron chi connectivity index (χ0n) is 18.0. The highest BCUT2D eigenvalue weighted by molar-refractivity contribution is 9.10. The van der Waals surface area contributed by atoms with Gasteiger partial charge in [0.25, 0.3) is 0 Å². The first kappa shape index (κ1) is 23.8. The summed E-state index contributed by atoms with van der Waals surface area (Å²) >= 11 is 9.44. The third-order valence-corrected chi connectivity index (χ3v) is 5.70. The zero-order valence-corrected chi connectivity index (χ0v) is 20.3. The van der Waals surface area contributed by atoms with Gasteiger partial charge in [0.2, 0.25) is 0 Å². The summed E-state index contributed by atoms with van der Waals surface area (Å²) in [7, 11) is 0. The van der Waals surface area contributed by atoms with Gasteiger partial charge in [-0.05, 0) is 65.3 Å². The molecule has 4 rings (SSSR count). The van der Waals surface area contributed by atoms with Crippen LogP contribution in [-0.2, 0) is 6.61 Å². The van der Waals surface area contributed by atoms with Gasteiger partial charge in [-0.3, -0.25) is 4.79 Å². The Labute approximate surface area is 208 Å². The highest BCUT2D eigenvalue weighted by Gasteiger charge is 2.14. The summed E-state index contributed by atoms with van der Waals surface area (Å²) in [5.41, 5.74) is 4.06. The van der Waals surface area contributed by atoms with Gasteiger partial charge in [-0.2, -0.15) is 5.10 Å². The summed E-state index contributed by atoms with van der Waals surface area (Å²) in [4.78, 5) is 12.4. The van der Waals surface area contributed by atoms with Crippen molar-refractivity contribution in [2.24, 2.45) is 5.10 Å². The number of fused-ring (bicyclic) bond motifs is 1. The highest BCUT2D eigenvalue weighted by atomic mass is 79.9. The summed E-state index contributed by atoms with van der Waals surface area (Å²) < 4.78 is 31.6. The number of halogens is 3. The average molecular weight is 546 g/mol. The molecule has 0 aliphatic carbocycles. The molecule has 1 amide bonds. The monoisotopic (exact) mass is 544 g/mol. The van der Waals surface area contributed by atoms with Crippen LogP contribution in [-0.4, -0.2) is 18.7 Å². The minimum atomic E-state index is -0.505. The maximum absolute atomic E-state index is 13.9. The summed E-state index contributed by atoms with van der Waals surface area (Å²) in [5, 5.41) is 5.29. The third-order valence-electron chi connectivity index (χ3n) is 4.78. The molecule has 1 N–H and O–H groups in total. The molecule has 0 fully saturated rings. The van der Waals surface area contributed by atoms with Crippen LogP contribution in [0.5, 0.6) is 11.5 Å². The van der Waals surface area contributed by atoms with E-state index in [2.05, 4.69) is 26.5 Å². The molecule has 0 spiro atoms. The summed E-state index contributed by atoms with van der Waals surface area (Å²) in [6, 6.07) is 16.5. The topological polar surface area (TPSA) is 73.1 Å². The number of furan rings is 1. The lowest BCUT2D eigenvalue weighted by molar-refractivity contribution is 0.0929. The molecule has 6 nitrogen and oxygen atoms in total. The van der Waals surface area contributed by atoms with Gasteiger partial charge in [0, 0.05) is 26.0 Å². The molecule has 174 valence electrons. The van der Waals surface area contributed by atoms with Crippen molar-refractivity contribution in [3.8, 4) is 11.5 Å². The van der Waals surface area contributed by atoms with Crippen LogP contribution in [0.4, 0.5) is 4.39 Å². The number of benzene rings is 3. The predicted octanol–water partition coefficient (Wildman–Crippen LogP) is 6.73. The number of hydrogen-bond donors (Lipinski definition) is 1. The first-order chi connectivity index (χ1) is 16.4. The van der Waals surface area contributed by atoms with E-state index in [-0.39, 0.29) is 18.2 Å². The second-order valence-electron chi connectivity index (χ2n) is 7.13. The van der Waals surface area contributed by atoms with Crippen LogP contribution < -0.4 is 14.9 Å². The molecule has 0 atom stereocenters. The van der Waals surface area contributed by atoms with E-state index >= 15 is 0 Å². The van der Waals surface area contributed by atoms with Crippen molar-refractivity contribution in [1.82, 2.24) is 5.43 Å². The number of hydrogen-bond acceptors (Lipinski definition) is 5. The van der Waals surface area contributed by atoms with E-state index in [9.17, 15) is 9.18 Å². The molecule has 3 aromatic carbocycles. The first-order valence-electron chi connectivity index (χ1n) is 10.3. The van der Waals surface area contributed by atoms with Gasteiger partial charge in [-0.15, -0.1) is 0 Å². The minimum absolute atomic E-state index is 0.0470. The van der Waals surface area contributed by atoms with E-state index in [1.807, 2.05) is 6.92 Å². The largest absolute Gasteiger partial charge is 0.490 e. The Morgan fingerprint density at radius 3 is 2.74 bits per heavy atom.